The lowest BCUT2D eigenvalue weighted by Crippen LogP contribution is -2.38. The summed E-state index contributed by atoms with van der Waals surface area (Å²) in [5.74, 6) is 7.95. The summed E-state index contributed by atoms with van der Waals surface area (Å²) in [7, 11) is 1.65. The lowest BCUT2D eigenvalue weighted by molar-refractivity contribution is 0.0573. The van der Waals surface area contributed by atoms with E-state index in [1.165, 1.54) is 0 Å². The van der Waals surface area contributed by atoms with Crippen LogP contribution in [0.5, 0.6) is 0 Å². The Bertz CT molecular complexity index is 157. The minimum absolute atomic E-state index is 0.181. The molecule has 0 rings (SSSR count). The van der Waals surface area contributed by atoms with Gasteiger partial charge in [0.05, 0.1) is 19.8 Å². The minimum Gasteiger partial charge on any atom is -0.382 e. The van der Waals surface area contributed by atoms with E-state index in [-0.39, 0.29) is 6.04 Å². The fourth-order valence-electron chi connectivity index (χ4n) is 1.03. The molecule has 82 valence electrons. The first kappa shape index (κ1) is 13.4. The maximum Gasteiger partial charge on any atom is 0.0701 e. The van der Waals surface area contributed by atoms with Crippen LogP contribution in [-0.4, -0.2) is 33.0 Å². The summed E-state index contributed by atoms with van der Waals surface area (Å²) in [6.45, 7) is 1.82. The maximum absolute atomic E-state index is 5.36. The molecular formula is C10H20N2O2. The second-order valence-electron chi connectivity index (χ2n) is 3.03. The number of ether oxygens (including phenoxy) is 2. The first-order valence-corrected chi connectivity index (χ1v) is 4.81. The van der Waals surface area contributed by atoms with Gasteiger partial charge in [-0.25, -0.2) is 0 Å². The Labute approximate surface area is 86.1 Å². The molecule has 0 aromatic carbocycles. The Balaban J connectivity index is 3.34. The van der Waals surface area contributed by atoms with Crippen LogP contribution in [0.3, 0.4) is 0 Å². The zero-order chi connectivity index (χ0) is 10.6. The van der Waals surface area contributed by atoms with E-state index in [2.05, 4.69) is 11.3 Å². The second-order valence-corrected chi connectivity index (χ2v) is 3.03. The Morgan fingerprint density at radius 2 is 2.29 bits per heavy atom. The molecule has 0 spiro atoms. The molecule has 14 heavy (non-hydrogen) atoms. The summed E-state index contributed by atoms with van der Waals surface area (Å²) >= 11 is 0. The van der Waals surface area contributed by atoms with Crippen LogP contribution in [-0.2, 0) is 9.47 Å². The van der Waals surface area contributed by atoms with Gasteiger partial charge in [0, 0.05) is 19.6 Å². The highest BCUT2D eigenvalue weighted by atomic mass is 16.5. The molecule has 0 aromatic heterocycles. The molecule has 0 aliphatic heterocycles. The SMILES string of the molecule is C#CCCCC(COCCOC)NN. The van der Waals surface area contributed by atoms with Crippen molar-refractivity contribution in [3.8, 4) is 12.3 Å². The van der Waals surface area contributed by atoms with Crippen molar-refractivity contribution in [2.75, 3.05) is 26.9 Å². The third-order valence-corrected chi connectivity index (χ3v) is 1.86. The molecule has 0 saturated carbocycles. The average Bonchev–Trinajstić information content (AvgIpc) is 2.22. The number of unbranched alkanes of at least 4 members (excludes halogenated alkanes) is 1. The van der Waals surface area contributed by atoms with E-state index in [9.17, 15) is 0 Å². The van der Waals surface area contributed by atoms with Gasteiger partial charge in [-0.05, 0) is 12.8 Å². The lowest BCUT2D eigenvalue weighted by atomic mass is 10.1. The molecule has 1 atom stereocenters. The molecule has 0 aliphatic rings. The lowest BCUT2D eigenvalue weighted by Gasteiger charge is -2.15. The van der Waals surface area contributed by atoms with E-state index in [0.717, 1.165) is 19.3 Å². The van der Waals surface area contributed by atoms with Gasteiger partial charge in [0.2, 0.25) is 0 Å². The molecular weight excluding hydrogens is 180 g/mol. The highest BCUT2D eigenvalue weighted by molar-refractivity contribution is 4.83. The highest BCUT2D eigenvalue weighted by Gasteiger charge is 2.05. The fourth-order valence-corrected chi connectivity index (χ4v) is 1.03. The smallest absolute Gasteiger partial charge is 0.0701 e. The van der Waals surface area contributed by atoms with Crippen molar-refractivity contribution in [3.63, 3.8) is 0 Å². The number of hydrogen-bond donors (Lipinski definition) is 2. The second kappa shape index (κ2) is 10.5. The van der Waals surface area contributed by atoms with Gasteiger partial charge >= 0.3 is 0 Å². The van der Waals surface area contributed by atoms with E-state index in [1.807, 2.05) is 0 Å². The molecule has 0 amide bonds. The number of terminal acetylenes is 1. The molecule has 0 fully saturated rings. The monoisotopic (exact) mass is 200 g/mol. The number of hydrazine groups is 1. The third-order valence-electron chi connectivity index (χ3n) is 1.86. The Hall–Kier alpha value is -0.600. The summed E-state index contributed by atoms with van der Waals surface area (Å²) in [6, 6.07) is 0.181. The predicted molar refractivity (Wildman–Crippen MR) is 56.5 cm³/mol. The van der Waals surface area contributed by atoms with Gasteiger partial charge in [0.1, 0.15) is 0 Å². The van der Waals surface area contributed by atoms with Gasteiger partial charge in [-0.3, -0.25) is 11.3 Å². The Morgan fingerprint density at radius 1 is 1.50 bits per heavy atom. The molecule has 0 aromatic rings. The van der Waals surface area contributed by atoms with E-state index in [4.69, 9.17) is 21.7 Å². The normalized spacial score (nSPS) is 12.4. The number of nitrogens with one attached hydrogen (secondary N) is 1. The topological polar surface area (TPSA) is 56.5 Å². The van der Waals surface area contributed by atoms with E-state index in [0.29, 0.717) is 19.8 Å². The van der Waals surface area contributed by atoms with Gasteiger partial charge in [0.15, 0.2) is 0 Å². The summed E-state index contributed by atoms with van der Waals surface area (Å²) in [5, 5.41) is 0. The summed E-state index contributed by atoms with van der Waals surface area (Å²) in [5.41, 5.74) is 2.70. The summed E-state index contributed by atoms with van der Waals surface area (Å²) in [6.07, 6.45) is 7.84. The molecule has 0 aliphatic carbocycles. The van der Waals surface area contributed by atoms with Gasteiger partial charge in [-0.2, -0.15) is 0 Å². The van der Waals surface area contributed by atoms with E-state index < -0.39 is 0 Å². The van der Waals surface area contributed by atoms with Crippen molar-refractivity contribution in [3.05, 3.63) is 0 Å². The molecule has 4 heteroatoms. The molecule has 4 nitrogen and oxygen atoms in total. The number of hydrogen-bond acceptors (Lipinski definition) is 4. The van der Waals surface area contributed by atoms with Crippen molar-refractivity contribution >= 4 is 0 Å². The molecule has 3 N–H and O–H groups in total. The first-order chi connectivity index (χ1) is 6.85. The maximum atomic E-state index is 5.36. The van der Waals surface area contributed by atoms with Gasteiger partial charge in [0.25, 0.3) is 0 Å². The van der Waals surface area contributed by atoms with Crippen LogP contribution in [0.1, 0.15) is 19.3 Å². The van der Waals surface area contributed by atoms with E-state index >= 15 is 0 Å². The van der Waals surface area contributed by atoms with Crippen LogP contribution in [0.4, 0.5) is 0 Å². The summed E-state index contributed by atoms with van der Waals surface area (Å²) in [4.78, 5) is 0. The first-order valence-electron chi connectivity index (χ1n) is 4.81. The fraction of sp³-hybridized carbons (Fsp3) is 0.800. The predicted octanol–water partition coefficient (Wildman–Crippen LogP) is 0.285. The van der Waals surface area contributed by atoms with Crippen LogP contribution >= 0.6 is 0 Å². The third kappa shape index (κ3) is 8.02. The quantitative estimate of drug-likeness (QED) is 0.243. The number of methoxy groups -OCH3 is 1. The van der Waals surface area contributed by atoms with Crippen LogP contribution in [0.2, 0.25) is 0 Å². The molecule has 0 saturated heterocycles. The number of nitrogens with two attached hydrogens (primary N) is 1. The van der Waals surface area contributed by atoms with Crippen molar-refractivity contribution in [2.24, 2.45) is 5.84 Å². The largest absolute Gasteiger partial charge is 0.382 e. The van der Waals surface area contributed by atoms with Crippen LogP contribution in [0.25, 0.3) is 0 Å². The zero-order valence-corrected chi connectivity index (χ0v) is 8.79. The minimum atomic E-state index is 0.181. The van der Waals surface area contributed by atoms with Gasteiger partial charge in [-0.15, -0.1) is 12.3 Å². The molecule has 0 bridgehead atoms. The summed E-state index contributed by atoms with van der Waals surface area (Å²) < 4.78 is 10.2. The zero-order valence-electron chi connectivity index (χ0n) is 8.79. The highest BCUT2D eigenvalue weighted by Crippen LogP contribution is 1.99. The van der Waals surface area contributed by atoms with Crippen LogP contribution in [0.15, 0.2) is 0 Å². The van der Waals surface area contributed by atoms with Crippen molar-refractivity contribution < 1.29 is 9.47 Å². The van der Waals surface area contributed by atoms with E-state index in [1.54, 1.807) is 7.11 Å². The van der Waals surface area contributed by atoms with Gasteiger partial charge < -0.3 is 9.47 Å². The average molecular weight is 200 g/mol. The Morgan fingerprint density at radius 3 is 2.86 bits per heavy atom. The van der Waals surface area contributed by atoms with Crippen molar-refractivity contribution in [2.45, 2.75) is 25.3 Å². The van der Waals surface area contributed by atoms with Crippen LogP contribution < -0.4 is 11.3 Å². The molecule has 0 heterocycles. The Kier molecular flexibility index (Phi) is 10.0. The van der Waals surface area contributed by atoms with Crippen molar-refractivity contribution in [1.82, 2.24) is 5.43 Å². The molecule has 1 unspecified atom stereocenters. The van der Waals surface area contributed by atoms with Crippen molar-refractivity contribution in [1.29, 1.82) is 0 Å². The van der Waals surface area contributed by atoms with Gasteiger partial charge in [-0.1, -0.05) is 0 Å². The number of rotatable bonds is 9. The van der Waals surface area contributed by atoms with Crippen LogP contribution in [0, 0.1) is 12.3 Å². The standard InChI is InChI=1S/C10H20N2O2/c1-3-4-5-6-10(12-11)9-14-8-7-13-2/h1,10,12H,4-9,11H2,2H3. The molecule has 0 radical (unpaired) electrons.